The molecule has 0 aliphatic heterocycles. The normalized spacial score (nSPS) is 12.1. The van der Waals surface area contributed by atoms with Gasteiger partial charge in [0.25, 0.3) is 0 Å². The van der Waals surface area contributed by atoms with E-state index in [-0.39, 0.29) is 10.6 Å². The molecule has 0 saturated heterocycles. The lowest BCUT2D eigenvalue weighted by Crippen LogP contribution is -2.00. The van der Waals surface area contributed by atoms with E-state index in [4.69, 9.17) is 21.1 Å². The average Bonchev–Trinajstić information content (AvgIpc) is 2.45. The number of alkyl halides is 1. The van der Waals surface area contributed by atoms with Crippen LogP contribution in [0.5, 0.6) is 11.5 Å². The molecule has 2 nitrogen and oxygen atoms in total. The molecule has 0 spiro atoms. The van der Waals surface area contributed by atoms with Crippen molar-refractivity contribution in [2.45, 2.75) is 11.8 Å². The molecule has 2 aromatic carbocycles. The van der Waals surface area contributed by atoms with Crippen LogP contribution in [0.25, 0.3) is 0 Å². The molecule has 2 rings (SSSR count). The second kappa shape index (κ2) is 6.67. The van der Waals surface area contributed by atoms with Crippen molar-refractivity contribution in [2.75, 3.05) is 14.2 Å². The lowest BCUT2D eigenvalue weighted by Gasteiger charge is -2.18. The highest BCUT2D eigenvalue weighted by Crippen LogP contribution is 2.44. The summed E-state index contributed by atoms with van der Waals surface area (Å²) in [6.07, 6.45) is 0. The molecule has 1 unspecified atom stereocenters. The van der Waals surface area contributed by atoms with E-state index in [0.29, 0.717) is 16.5 Å². The second-order valence-electron chi connectivity index (χ2n) is 4.63. The van der Waals surface area contributed by atoms with Crippen LogP contribution in [0.3, 0.4) is 0 Å². The molecule has 0 saturated carbocycles. The van der Waals surface area contributed by atoms with Gasteiger partial charge >= 0.3 is 0 Å². The molecule has 1 atom stereocenters. The number of benzene rings is 2. The number of ether oxygens (including phenoxy) is 2. The lowest BCUT2D eigenvalue weighted by molar-refractivity contribution is 0.392. The highest BCUT2D eigenvalue weighted by molar-refractivity contribution is 9.09. The minimum absolute atomic E-state index is 0.231. The molecule has 0 aliphatic carbocycles. The van der Waals surface area contributed by atoms with Crippen LogP contribution in [0.1, 0.15) is 21.5 Å². The van der Waals surface area contributed by atoms with Crippen molar-refractivity contribution in [2.24, 2.45) is 0 Å². The quantitative estimate of drug-likeness (QED) is 0.678. The number of hydrogen-bond donors (Lipinski definition) is 0. The van der Waals surface area contributed by atoms with Crippen LogP contribution in [0, 0.1) is 12.7 Å². The Bertz CT molecular complexity index is 641. The first-order valence-corrected chi connectivity index (χ1v) is 7.58. The molecule has 0 aliphatic rings. The fraction of sp³-hybridized carbons (Fsp3) is 0.250. The zero-order valence-corrected chi connectivity index (χ0v) is 14.3. The zero-order valence-electron chi connectivity index (χ0n) is 11.9. The summed E-state index contributed by atoms with van der Waals surface area (Å²) >= 11 is 9.85. The van der Waals surface area contributed by atoms with Crippen molar-refractivity contribution in [1.29, 1.82) is 0 Å². The SMILES string of the molecule is COc1ccc(C(Br)c2cc(C)cc(F)c2)c(OC)c1Cl. The van der Waals surface area contributed by atoms with Crippen LogP contribution in [0.2, 0.25) is 5.02 Å². The van der Waals surface area contributed by atoms with Gasteiger partial charge in [-0.3, -0.25) is 0 Å². The van der Waals surface area contributed by atoms with Gasteiger partial charge in [0.1, 0.15) is 22.3 Å². The standard InChI is InChI=1S/C16H15BrClFO2/c1-9-6-10(8-11(19)7-9)14(17)12-4-5-13(20-2)15(18)16(12)21-3/h4-8,14H,1-3H3. The Balaban J connectivity index is 2.52. The number of aryl methyl sites for hydroxylation is 1. The summed E-state index contributed by atoms with van der Waals surface area (Å²) < 4.78 is 24.2. The maximum Gasteiger partial charge on any atom is 0.145 e. The summed E-state index contributed by atoms with van der Waals surface area (Å²) in [7, 11) is 3.09. The molecule has 5 heteroatoms. The average molecular weight is 374 g/mol. The van der Waals surface area contributed by atoms with Crippen LogP contribution in [0.15, 0.2) is 30.3 Å². The second-order valence-corrected chi connectivity index (χ2v) is 5.92. The van der Waals surface area contributed by atoms with Gasteiger partial charge in [-0.15, -0.1) is 0 Å². The Labute approximate surface area is 137 Å². The van der Waals surface area contributed by atoms with E-state index in [1.165, 1.54) is 12.1 Å². The van der Waals surface area contributed by atoms with Gasteiger partial charge < -0.3 is 9.47 Å². The smallest absolute Gasteiger partial charge is 0.145 e. The fourth-order valence-corrected chi connectivity index (χ4v) is 3.16. The summed E-state index contributed by atoms with van der Waals surface area (Å²) in [6, 6.07) is 8.51. The Morgan fingerprint density at radius 3 is 2.43 bits per heavy atom. The highest BCUT2D eigenvalue weighted by atomic mass is 79.9. The van der Waals surface area contributed by atoms with E-state index in [2.05, 4.69) is 15.9 Å². The van der Waals surface area contributed by atoms with E-state index in [1.807, 2.05) is 19.1 Å². The van der Waals surface area contributed by atoms with Gasteiger partial charge in [-0.25, -0.2) is 4.39 Å². The molecule has 0 bridgehead atoms. The van der Waals surface area contributed by atoms with Crippen molar-refractivity contribution in [3.8, 4) is 11.5 Å². The third kappa shape index (κ3) is 3.33. The molecule has 0 radical (unpaired) electrons. The maximum atomic E-state index is 13.6. The maximum absolute atomic E-state index is 13.6. The van der Waals surface area contributed by atoms with Crippen molar-refractivity contribution in [3.05, 3.63) is 57.9 Å². The molecule has 21 heavy (non-hydrogen) atoms. The number of rotatable bonds is 4. The van der Waals surface area contributed by atoms with Crippen LogP contribution in [-0.2, 0) is 0 Å². The van der Waals surface area contributed by atoms with E-state index in [1.54, 1.807) is 20.3 Å². The minimum Gasteiger partial charge on any atom is -0.495 e. The molecule has 0 fully saturated rings. The summed E-state index contributed by atoms with van der Waals surface area (Å²) in [5, 5.41) is 0.398. The number of methoxy groups -OCH3 is 2. The predicted molar refractivity (Wildman–Crippen MR) is 86.5 cm³/mol. The Kier molecular flexibility index (Phi) is 5.12. The Morgan fingerprint density at radius 1 is 1.14 bits per heavy atom. The number of halogens is 3. The third-order valence-electron chi connectivity index (χ3n) is 3.15. The van der Waals surface area contributed by atoms with E-state index in [0.717, 1.165) is 16.7 Å². The Hall–Kier alpha value is -1.26. The van der Waals surface area contributed by atoms with Gasteiger partial charge in [0.2, 0.25) is 0 Å². The molecule has 112 valence electrons. The fourth-order valence-electron chi connectivity index (χ4n) is 2.21. The van der Waals surface area contributed by atoms with Crippen LogP contribution < -0.4 is 9.47 Å². The highest BCUT2D eigenvalue weighted by Gasteiger charge is 2.20. The summed E-state index contributed by atoms with van der Waals surface area (Å²) in [6.45, 7) is 1.85. The van der Waals surface area contributed by atoms with Crippen molar-refractivity contribution >= 4 is 27.5 Å². The van der Waals surface area contributed by atoms with E-state index >= 15 is 0 Å². The van der Waals surface area contributed by atoms with E-state index < -0.39 is 0 Å². The van der Waals surface area contributed by atoms with Crippen LogP contribution in [-0.4, -0.2) is 14.2 Å². The molecular weight excluding hydrogens is 359 g/mol. The first kappa shape index (κ1) is 16.1. The summed E-state index contributed by atoms with van der Waals surface area (Å²) in [4.78, 5) is -0.231. The lowest BCUT2D eigenvalue weighted by atomic mass is 10.0. The molecule has 0 N–H and O–H groups in total. The van der Waals surface area contributed by atoms with Gasteiger partial charge in [0, 0.05) is 5.56 Å². The predicted octanol–water partition coefficient (Wildman–Crippen LogP) is 5.29. The Morgan fingerprint density at radius 2 is 1.86 bits per heavy atom. The first-order valence-electron chi connectivity index (χ1n) is 6.29. The zero-order chi connectivity index (χ0) is 15.6. The van der Waals surface area contributed by atoms with Crippen molar-refractivity contribution < 1.29 is 13.9 Å². The van der Waals surface area contributed by atoms with Crippen molar-refractivity contribution in [3.63, 3.8) is 0 Å². The van der Waals surface area contributed by atoms with Gasteiger partial charge in [0.05, 0.1) is 19.0 Å². The van der Waals surface area contributed by atoms with E-state index in [9.17, 15) is 4.39 Å². The molecular formula is C16H15BrClFO2. The summed E-state index contributed by atoms with van der Waals surface area (Å²) in [5.41, 5.74) is 2.47. The van der Waals surface area contributed by atoms with Crippen LogP contribution >= 0.6 is 27.5 Å². The minimum atomic E-state index is -0.270. The largest absolute Gasteiger partial charge is 0.495 e. The molecule has 0 heterocycles. The topological polar surface area (TPSA) is 18.5 Å². The van der Waals surface area contributed by atoms with Gasteiger partial charge in [-0.1, -0.05) is 39.7 Å². The molecule has 0 aromatic heterocycles. The van der Waals surface area contributed by atoms with Gasteiger partial charge in [0.15, 0.2) is 0 Å². The monoisotopic (exact) mass is 372 g/mol. The molecule has 0 amide bonds. The molecule has 2 aromatic rings. The van der Waals surface area contributed by atoms with Crippen LogP contribution in [0.4, 0.5) is 4.39 Å². The van der Waals surface area contributed by atoms with Crippen molar-refractivity contribution in [1.82, 2.24) is 0 Å². The summed E-state index contributed by atoms with van der Waals surface area (Å²) in [5.74, 6) is 0.778. The number of hydrogen-bond acceptors (Lipinski definition) is 2. The first-order chi connectivity index (χ1) is 9.97. The van der Waals surface area contributed by atoms with Gasteiger partial charge in [-0.2, -0.15) is 0 Å². The third-order valence-corrected chi connectivity index (χ3v) is 4.53. The van der Waals surface area contributed by atoms with Gasteiger partial charge in [-0.05, 0) is 36.2 Å².